The van der Waals surface area contributed by atoms with Crippen LogP contribution in [0.1, 0.15) is 36.2 Å². The molecular formula is C19H26N6O2. The first-order valence-corrected chi connectivity index (χ1v) is 9.48. The van der Waals surface area contributed by atoms with Crippen molar-refractivity contribution in [1.82, 2.24) is 29.5 Å². The molecular weight excluding hydrogens is 344 g/mol. The van der Waals surface area contributed by atoms with Gasteiger partial charge in [-0.25, -0.2) is 4.98 Å². The van der Waals surface area contributed by atoms with Gasteiger partial charge in [-0.3, -0.25) is 9.36 Å². The topological polar surface area (TPSA) is 76.4 Å². The number of imidazole rings is 1. The number of hydrogen-bond donors (Lipinski definition) is 0. The summed E-state index contributed by atoms with van der Waals surface area (Å²) in [6, 6.07) is 3.57. The van der Waals surface area contributed by atoms with Crippen molar-refractivity contribution in [3.63, 3.8) is 0 Å². The lowest BCUT2D eigenvalue weighted by Crippen LogP contribution is -2.60. The van der Waals surface area contributed by atoms with Gasteiger partial charge in [-0.1, -0.05) is 12.8 Å². The maximum atomic E-state index is 13.3. The van der Waals surface area contributed by atoms with Crippen LogP contribution in [0.2, 0.25) is 0 Å². The molecule has 1 saturated carbocycles. The van der Waals surface area contributed by atoms with E-state index in [-0.39, 0.29) is 17.6 Å². The van der Waals surface area contributed by atoms with Crippen molar-refractivity contribution >= 4 is 5.91 Å². The first-order valence-electron chi connectivity index (χ1n) is 9.48. The summed E-state index contributed by atoms with van der Waals surface area (Å²) in [7, 11) is 4.03. The summed E-state index contributed by atoms with van der Waals surface area (Å²) in [5.74, 6) is 0.573. The third kappa shape index (κ3) is 3.72. The molecule has 1 saturated heterocycles. The summed E-state index contributed by atoms with van der Waals surface area (Å²) in [6.07, 6.45) is 9.52. The largest absolute Gasteiger partial charge is 0.371 e. The van der Waals surface area contributed by atoms with Crippen LogP contribution in [0.4, 0.5) is 0 Å². The molecule has 3 heterocycles. The van der Waals surface area contributed by atoms with Crippen LogP contribution in [0.15, 0.2) is 30.9 Å². The average molecular weight is 370 g/mol. The third-order valence-corrected chi connectivity index (χ3v) is 5.47. The first-order chi connectivity index (χ1) is 13.1. The molecule has 1 unspecified atom stereocenters. The van der Waals surface area contributed by atoms with Gasteiger partial charge in [0.15, 0.2) is 11.5 Å². The molecule has 1 aliphatic heterocycles. The molecule has 0 N–H and O–H groups in total. The molecule has 8 nitrogen and oxygen atoms in total. The second-order valence-corrected chi connectivity index (χ2v) is 7.80. The van der Waals surface area contributed by atoms with Crippen LogP contribution in [-0.4, -0.2) is 80.9 Å². The summed E-state index contributed by atoms with van der Waals surface area (Å²) in [5, 5.41) is 8.39. The van der Waals surface area contributed by atoms with Crippen molar-refractivity contribution < 1.29 is 9.53 Å². The fraction of sp³-hybridized carbons (Fsp3) is 0.579. The molecule has 2 aromatic heterocycles. The highest BCUT2D eigenvalue weighted by Crippen LogP contribution is 2.37. The number of carbonyl (C=O) groups is 1. The van der Waals surface area contributed by atoms with E-state index in [1.807, 2.05) is 19.0 Å². The summed E-state index contributed by atoms with van der Waals surface area (Å²) in [5.41, 5.74) is 0.195. The molecule has 1 atom stereocenters. The molecule has 2 fully saturated rings. The highest BCUT2D eigenvalue weighted by atomic mass is 16.5. The van der Waals surface area contributed by atoms with Crippen LogP contribution >= 0.6 is 0 Å². The van der Waals surface area contributed by atoms with Gasteiger partial charge in [0.25, 0.3) is 5.91 Å². The number of hydrogen-bond acceptors (Lipinski definition) is 6. The maximum Gasteiger partial charge on any atom is 0.274 e. The van der Waals surface area contributed by atoms with E-state index < -0.39 is 0 Å². The maximum absolute atomic E-state index is 13.3. The van der Waals surface area contributed by atoms with Gasteiger partial charge >= 0.3 is 0 Å². The smallest absolute Gasteiger partial charge is 0.274 e. The number of rotatable bonds is 4. The minimum atomic E-state index is -0.178. The number of ether oxygens (including phenoxy) is 1. The highest BCUT2D eigenvalue weighted by Gasteiger charge is 2.44. The van der Waals surface area contributed by atoms with Crippen molar-refractivity contribution in [2.24, 2.45) is 0 Å². The van der Waals surface area contributed by atoms with E-state index in [1.54, 1.807) is 35.4 Å². The Kier molecular flexibility index (Phi) is 4.92. The quantitative estimate of drug-likeness (QED) is 0.809. The van der Waals surface area contributed by atoms with Crippen LogP contribution in [0.5, 0.6) is 0 Å². The number of carbonyl (C=O) groups excluding carboxylic acids is 1. The van der Waals surface area contributed by atoms with Crippen LogP contribution in [0, 0.1) is 0 Å². The molecule has 2 aliphatic rings. The van der Waals surface area contributed by atoms with Crippen LogP contribution in [0.3, 0.4) is 0 Å². The van der Waals surface area contributed by atoms with Crippen LogP contribution < -0.4 is 0 Å². The second kappa shape index (κ2) is 7.36. The zero-order valence-electron chi connectivity index (χ0n) is 15.9. The zero-order valence-corrected chi connectivity index (χ0v) is 15.9. The Bertz CT molecular complexity index is 768. The number of morpholine rings is 1. The predicted molar refractivity (Wildman–Crippen MR) is 99.7 cm³/mol. The first kappa shape index (κ1) is 18.1. The fourth-order valence-electron chi connectivity index (χ4n) is 4.10. The van der Waals surface area contributed by atoms with E-state index in [9.17, 15) is 4.79 Å². The van der Waals surface area contributed by atoms with Gasteiger partial charge in [-0.15, -0.1) is 10.2 Å². The average Bonchev–Trinajstić information content (AvgIpc) is 3.35. The van der Waals surface area contributed by atoms with Gasteiger partial charge in [0.1, 0.15) is 6.33 Å². The molecule has 0 radical (unpaired) electrons. The number of amides is 1. The van der Waals surface area contributed by atoms with Crippen molar-refractivity contribution in [3.8, 4) is 5.82 Å². The second-order valence-electron chi connectivity index (χ2n) is 7.80. The molecule has 1 spiro atoms. The Morgan fingerprint density at radius 1 is 1.30 bits per heavy atom. The van der Waals surface area contributed by atoms with Crippen molar-refractivity contribution in [1.29, 1.82) is 0 Å². The monoisotopic (exact) mass is 370 g/mol. The Morgan fingerprint density at radius 2 is 2.11 bits per heavy atom. The van der Waals surface area contributed by atoms with E-state index in [4.69, 9.17) is 4.74 Å². The van der Waals surface area contributed by atoms with Gasteiger partial charge in [0.05, 0.1) is 24.8 Å². The molecule has 2 aromatic rings. The summed E-state index contributed by atoms with van der Waals surface area (Å²) in [6.45, 7) is 1.97. The molecule has 4 rings (SSSR count). The Morgan fingerprint density at radius 3 is 2.74 bits per heavy atom. The van der Waals surface area contributed by atoms with Gasteiger partial charge < -0.3 is 14.5 Å². The fourth-order valence-corrected chi connectivity index (χ4v) is 4.10. The SMILES string of the molecule is CN(C)CC1COC2(CCCC2)CN1C(=O)c1ccc(-n2ccnc2)nn1. The third-order valence-electron chi connectivity index (χ3n) is 5.47. The van der Waals surface area contributed by atoms with E-state index in [2.05, 4.69) is 20.1 Å². The Balaban J connectivity index is 1.56. The minimum Gasteiger partial charge on any atom is -0.371 e. The summed E-state index contributed by atoms with van der Waals surface area (Å²) >= 11 is 0. The Hall–Kier alpha value is -2.32. The summed E-state index contributed by atoms with van der Waals surface area (Å²) < 4.78 is 8.02. The number of nitrogens with zero attached hydrogens (tertiary/aromatic N) is 6. The van der Waals surface area contributed by atoms with E-state index in [0.29, 0.717) is 24.7 Å². The van der Waals surface area contributed by atoms with Crippen LogP contribution in [-0.2, 0) is 4.74 Å². The standard InChI is InChI=1S/C19H26N6O2/c1-23(2)11-15-12-27-19(7-3-4-8-19)13-25(15)18(26)16-5-6-17(22-21-16)24-10-9-20-14-24/h5-6,9-10,14-15H,3-4,7-8,11-13H2,1-2H3. The van der Waals surface area contributed by atoms with Crippen LogP contribution in [0.25, 0.3) is 5.82 Å². The molecule has 144 valence electrons. The minimum absolute atomic E-state index is 0.0221. The van der Waals surface area contributed by atoms with E-state index >= 15 is 0 Å². The Labute approximate surface area is 159 Å². The normalized spacial score (nSPS) is 21.9. The van der Waals surface area contributed by atoms with Crippen molar-refractivity contribution in [3.05, 3.63) is 36.5 Å². The number of aromatic nitrogens is 4. The van der Waals surface area contributed by atoms with E-state index in [1.165, 1.54) is 12.8 Å². The van der Waals surface area contributed by atoms with Crippen molar-refractivity contribution in [2.75, 3.05) is 33.8 Å². The summed E-state index contributed by atoms with van der Waals surface area (Å²) in [4.78, 5) is 21.3. The lowest BCUT2D eigenvalue weighted by Gasteiger charge is -2.46. The molecule has 0 bridgehead atoms. The molecule has 1 aliphatic carbocycles. The number of likely N-dealkylation sites (N-methyl/N-ethyl adjacent to an activating group) is 1. The lowest BCUT2D eigenvalue weighted by atomic mass is 9.97. The highest BCUT2D eigenvalue weighted by molar-refractivity contribution is 5.92. The lowest BCUT2D eigenvalue weighted by molar-refractivity contribution is -0.121. The molecule has 8 heteroatoms. The van der Waals surface area contributed by atoms with Gasteiger partial charge in [-0.2, -0.15) is 0 Å². The predicted octanol–water partition coefficient (Wildman–Crippen LogP) is 1.38. The molecule has 27 heavy (non-hydrogen) atoms. The zero-order chi connectivity index (χ0) is 18.9. The van der Waals surface area contributed by atoms with Gasteiger partial charge in [-0.05, 0) is 39.1 Å². The molecule has 0 aromatic carbocycles. The van der Waals surface area contributed by atoms with Crippen molar-refractivity contribution in [2.45, 2.75) is 37.3 Å². The van der Waals surface area contributed by atoms with Gasteiger partial charge in [0, 0.05) is 18.9 Å². The molecule has 1 amide bonds. The van der Waals surface area contributed by atoms with Gasteiger partial charge in [0.2, 0.25) is 0 Å². The van der Waals surface area contributed by atoms with E-state index in [0.717, 1.165) is 19.4 Å².